The third kappa shape index (κ3) is 7.40. The molecule has 3 aromatic rings. The molecule has 2 unspecified atom stereocenters. The normalized spacial score (nSPS) is 13.9. The minimum atomic E-state index is -1.08. The second-order valence-corrected chi connectivity index (χ2v) is 11.1. The quantitative estimate of drug-likeness (QED) is 0.131. The summed E-state index contributed by atoms with van der Waals surface area (Å²) < 4.78 is 27.6. The topological polar surface area (TPSA) is 132 Å². The zero-order valence-corrected chi connectivity index (χ0v) is 23.3. The van der Waals surface area contributed by atoms with Gasteiger partial charge in [0.2, 0.25) is 0 Å². The summed E-state index contributed by atoms with van der Waals surface area (Å²) in [5.74, 6) is -1.01. The molecule has 38 heavy (non-hydrogen) atoms. The maximum Gasteiger partial charge on any atom is 0.311 e. The lowest BCUT2D eigenvalue weighted by Gasteiger charge is -2.31. The number of halogens is 2. The average Bonchev–Trinajstić information content (AvgIpc) is 3.36. The number of benzene rings is 2. The molecule has 0 aliphatic rings. The van der Waals surface area contributed by atoms with Crippen molar-refractivity contribution in [3.63, 3.8) is 0 Å². The molecule has 0 bridgehead atoms. The number of carbonyl (C=O) groups is 2. The van der Waals surface area contributed by atoms with Crippen LogP contribution in [0.4, 0.5) is 26.6 Å². The van der Waals surface area contributed by atoms with Gasteiger partial charge in [0.15, 0.2) is 0 Å². The van der Waals surface area contributed by atoms with E-state index in [9.17, 15) is 14.0 Å². The highest BCUT2D eigenvalue weighted by atomic mass is 35.5. The van der Waals surface area contributed by atoms with E-state index in [0.717, 1.165) is 17.5 Å². The second-order valence-electron chi connectivity index (χ2n) is 9.92. The van der Waals surface area contributed by atoms with Gasteiger partial charge in [-0.1, -0.05) is 29.8 Å². The molecule has 0 fully saturated rings. The van der Waals surface area contributed by atoms with E-state index in [0.29, 0.717) is 23.0 Å². The summed E-state index contributed by atoms with van der Waals surface area (Å²) in [5.41, 5.74) is 6.58. The van der Waals surface area contributed by atoms with Crippen molar-refractivity contribution in [2.24, 2.45) is 5.41 Å². The number of oxazole rings is 1. The Labute approximate surface area is 230 Å². The second kappa shape index (κ2) is 12.1. The predicted molar refractivity (Wildman–Crippen MR) is 148 cm³/mol. The summed E-state index contributed by atoms with van der Waals surface area (Å²) in [6.07, 6.45) is 2.98. The summed E-state index contributed by atoms with van der Waals surface area (Å²) in [5, 5.41) is 5.31. The monoisotopic (exact) mass is 563 g/mol. The van der Waals surface area contributed by atoms with Gasteiger partial charge in [0.1, 0.15) is 18.7 Å². The fourth-order valence-electron chi connectivity index (χ4n) is 3.36. The van der Waals surface area contributed by atoms with Crippen molar-refractivity contribution in [2.75, 3.05) is 23.0 Å². The lowest BCUT2D eigenvalue weighted by Crippen LogP contribution is -2.42. The number of hydrogen-bond donors (Lipinski definition) is 4. The van der Waals surface area contributed by atoms with E-state index in [1.807, 2.05) is 13.0 Å². The highest BCUT2D eigenvalue weighted by molar-refractivity contribution is 8.12. The summed E-state index contributed by atoms with van der Waals surface area (Å²) in [4.78, 5) is 29.4. The Balaban J connectivity index is 1.73. The predicted octanol–water partition coefficient (Wildman–Crippen LogP) is 6.50. The van der Waals surface area contributed by atoms with Crippen molar-refractivity contribution in [1.82, 2.24) is 9.71 Å². The van der Waals surface area contributed by atoms with Gasteiger partial charge in [-0.05, 0) is 63.9 Å². The first kappa shape index (κ1) is 29.3. The Morgan fingerprint density at radius 3 is 2.61 bits per heavy atom. The maximum absolute atomic E-state index is 13.8. The van der Waals surface area contributed by atoms with E-state index >= 15 is 0 Å². The van der Waals surface area contributed by atoms with Gasteiger partial charge in [0, 0.05) is 11.9 Å². The van der Waals surface area contributed by atoms with Crippen molar-refractivity contribution in [1.29, 1.82) is 0 Å². The molecule has 3 rings (SSSR count). The number of esters is 1. The Morgan fingerprint density at radius 2 is 1.97 bits per heavy atom. The van der Waals surface area contributed by atoms with Gasteiger partial charge in [-0.25, -0.2) is 14.1 Å². The van der Waals surface area contributed by atoms with Crippen LogP contribution in [0.5, 0.6) is 0 Å². The molecule has 0 saturated heterocycles. The Morgan fingerprint density at radius 1 is 1.24 bits per heavy atom. The number of nitrogen functional groups attached to an aromatic ring is 1. The van der Waals surface area contributed by atoms with Gasteiger partial charge in [0.05, 0.1) is 39.6 Å². The van der Waals surface area contributed by atoms with Crippen LogP contribution in [0.2, 0.25) is 5.02 Å². The fraction of sp³-hybridized carbons (Fsp3) is 0.346. The van der Waals surface area contributed by atoms with E-state index in [2.05, 4.69) is 20.3 Å². The molecule has 0 radical (unpaired) electrons. The van der Waals surface area contributed by atoms with Crippen molar-refractivity contribution in [2.45, 2.75) is 46.2 Å². The van der Waals surface area contributed by atoms with Crippen LogP contribution in [0.1, 0.15) is 51.8 Å². The standard InChI is InChI=1S/C26H31ClFN5O4S/c1-15(31-23-30-11-12-36-23)17-7-6-8-20(21(17)29)32-24(35)38-33-26(5,14-37-22(34)25(2,3)4)16-9-10-19(28)18(27)13-16/h6-13,15,33H,14,29H2,1-5H3,(H,30,31)(H,32,35). The van der Waals surface area contributed by atoms with Crippen molar-refractivity contribution in [3.8, 4) is 0 Å². The smallest absolute Gasteiger partial charge is 0.311 e. The number of amides is 1. The number of nitrogens with zero attached hydrogens (tertiary/aromatic N) is 1. The lowest BCUT2D eigenvalue weighted by atomic mass is 9.93. The number of carbonyl (C=O) groups excluding carboxylic acids is 2. The summed E-state index contributed by atoms with van der Waals surface area (Å²) in [6, 6.07) is 9.53. The molecule has 2 aromatic carbocycles. The first-order chi connectivity index (χ1) is 17.8. The first-order valence-corrected chi connectivity index (χ1v) is 12.9. The molecular formula is C26H31ClFN5O4S. The molecule has 2 atom stereocenters. The summed E-state index contributed by atoms with van der Waals surface area (Å²) >= 11 is 6.75. The zero-order chi connectivity index (χ0) is 28.1. The van der Waals surface area contributed by atoms with Crippen LogP contribution < -0.4 is 21.1 Å². The van der Waals surface area contributed by atoms with E-state index in [1.165, 1.54) is 30.7 Å². The maximum atomic E-state index is 13.8. The molecule has 1 aromatic heterocycles. The van der Waals surface area contributed by atoms with Crippen LogP contribution in [-0.2, 0) is 15.1 Å². The van der Waals surface area contributed by atoms with Crippen LogP contribution >= 0.6 is 23.5 Å². The van der Waals surface area contributed by atoms with Crippen molar-refractivity contribution < 1.29 is 23.1 Å². The SMILES string of the molecule is CC(Nc1ncco1)c1cccc(NC(=O)SNC(C)(COC(=O)C(C)(C)C)c2ccc(F)c(Cl)c2)c1N. The lowest BCUT2D eigenvalue weighted by molar-refractivity contribution is -0.155. The Bertz CT molecular complexity index is 1290. The molecule has 0 saturated carbocycles. The fourth-order valence-corrected chi connectivity index (χ4v) is 4.20. The largest absolute Gasteiger partial charge is 0.463 e. The number of hydrogen-bond acceptors (Lipinski definition) is 9. The third-order valence-corrected chi connectivity index (χ3v) is 6.78. The van der Waals surface area contributed by atoms with Gasteiger partial charge < -0.3 is 25.5 Å². The van der Waals surface area contributed by atoms with Gasteiger partial charge in [-0.3, -0.25) is 9.59 Å². The van der Waals surface area contributed by atoms with E-state index < -0.39 is 28.0 Å². The number of nitrogens with two attached hydrogens (primary N) is 1. The Hall–Kier alpha value is -3.28. The van der Waals surface area contributed by atoms with Crippen molar-refractivity contribution >= 4 is 52.1 Å². The molecule has 0 aliphatic heterocycles. The van der Waals surface area contributed by atoms with Gasteiger partial charge in [-0.2, -0.15) is 0 Å². The molecule has 0 spiro atoms. The van der Waals surface area contributed by atoms with Gasteiger partial charge >= 0.3 is 5.97 Å². The number of aromatic nitrogens is 1. The minimum absolute atomic E-state index is 0.0933. The Kier molecular flexibility index (Phi) is 9.29. The molecule has 9 nitrogen and oxygen atoms in total. The van der Waals surface area contributed by atoms with E-state index in [-0.39, 0.29) is 17.7 Å². The molecule has 204 valence electrons. The van der Waals surface area contributed by atoms with E-state index in [4.69, 9.17) is 26.5 Å². The number of anilines is 3. The molecule has 1 amide bonds. The van der Waals surface area contributed by atoms with Crippen LogP contribution in [0.25, 0.3) is 0 Å². The number of nitrogens with one attached hydrogen (secondary N) is 3. The highest BCUT2D eigenvalue weighted by Gasteiger charge is 2.33. The number of rotatable bonds is 9. The summed E-state index contributed by atoms with van der Waals surface area (Å²) in [7, 11) is 0. The first-order valence-electron chi connectivity index (χ1n) is 11.7. The highest BCUT2D eigenvalue weighted by Crippen LogP contribution is 2.32. The average molecular weight is 564 g/mol. The van der Waals surface area contributed by atoms with E-state index in [1.54, 1.807) is 39.8 Å². The summed E-state index contributed by atoms with van der Waals surface area (Å²) in [6.45, 7) is 8.67. The van der Waals surface area contributed by atoms with Crippen LogP contribution in [0.15, 0.2) is 53.3 Å². The van der Waals surface area contributed by atoms with Gasteiger partial charge in [-0.15, -0.1) is 0 Å². The number of ether oxygens (including phenoxy) is 1. The molecule has 12 heteroatoms. The third-order valence-electron chi connectivity index (χ3n) is 5.65. The van der Waals surface area contributed by atoms with Crippen LogP contribution in [0, 0.1) is 11.2 Å². The zero-order valence-electron chi connectivity index (χ0n) is 21.7. The van der Waals surface area contributed by atoms with Crippen molar-refractivity contribution in [3.05, 3.63) is 70.8 Å². The van der Waals surface area contributed by atoms with Crippen LogP contribution in [0.3, 0.4) is 0 Å². The molecule has 5 N–H and O–H groups in total. The minimum Gasteiger partial charge on any atom is -0.463 e. The molecule has 0 aliphatic carbocycles. The molecular weight excluding hydrogens is 533 g/mol. The van der Waals surface area contributed by atoms with Crippen LogP contribution in [-0.4, -0.2) is 22.8 Å². The molecule has 1 heterocycles. The van der Waals surface area contributed by atoms with Gasteiger partial charge in [0.25, 0.3) is 11.3 Å². The number of para-hydroxylation sites is 1.